The minimum Gasteiger partial charge on any atom is -0.536 e. The van der Waals surface area contributed by atoms with Gasteiger partial charge in [0.25, 0.3) is 0 Å². The van der Waals surface area contributed by atoms with Crippen LogP contribution < -0.4 is 14.9 Å². The van der Waals surface area contributed by atoms with Crippen LogP contribution in [0.2, 0.25) is 0 Å². The predicted octanol–water partition coefficient (Wildman–Crippen LogP) is 6.78. The second-order valence-electron chi connectivity index (χ2n) is 9.67. The molecule has 0 fully saturated rings. The minimum absolute atomic E-state index is 0.223. The van der Waals surface area contributed by atoms with Gasteiger partial charge < -0.3 is 9.47 Å². The molecule has 5 nitrogen and oxygen atoms in total. The molecule has 0 aliphatic carbocycles. The summed E-state index contributed by atoms with van der Waals surface area (Å²) < 4.78 is 6.64. The molecule has 6 aromatic rings. The first-order valence-corrected chi connectivity index (χ1v) is 13.0. The van der Waals surface area contributed by atoms with Crippen molar-refractivity contribution in [2.24, 2.45) is 0 Å². The summed E-state index contributed by atoms with van der Waals surface area (Å²) in [6, 6.07) is 43.3. The summed E-state index contributed by atoms with van der Waals surface area (Å²) in [5.41, 5.74) is 8.53. The van der Waals surface area contributed by atoms with Crippen LogP contribution in [0.1, 0.15) is 0 Å². The lowest BCUT2D eigenvalue weighted by Crippen LogP contribution is -2.50. The largest absolute Gasteiger partial charge is 0.536 e. The van der Waals surface area contributed by atoms with E-state index in [0.29, 0.717) is 17.5 Å². The van der Waals surface area contributed by atoms with Crippen LogP contribution in [0.5, 0.6) is 5.75 Å². The highest BCUT2D eigenvalue weighted by Crippen LogP contribution is 2.47. The number of rotatable bonds is 3. The molecule has 182 valence electrons. The number of fused-ring (bicyclic) bond motifs is 8. The lowest BCUT2D eigenvalue weighted by molar-refractivity contribution is 0.603. The Balaban J connectivity index is 1.27. The first-order valence-electron chi connectivity index (χ1n) is 13.0. The van der Waals surface area contributed by atoms with Gasteiger partial charge in [0.1, 0.15) is 5.75 Å². The molecule has 8 rings (SSSR count). The highest BCUT2D eigenvalue weighted by atomic mass is 16.5. The van der Waals surface area contributed by atoms with E-state index < -0.39 is 0 Å². The molecule has 1 aromatic heterocycles. The number of hydrogen-bond acceptors (Lipinski definition) is 5. The van der Waals surface area contributed by atoms with Gasteiger partial charge in [-0.05, 0) is 35.3 Å². The maximum atomic E-state index is 6.64. The van der Waals surface area contributed by atoms with Gasteiger partial charge in [-0.1, -0.05) is 103 Å². The van der Waals surface area contributed by atoms with E-state index in [-0.39, 0.29) is 7.05 Å². The van der Waals surface area contributed by atoms with Gasteiger partial charge >= 0.3 is 7.05 Å². The average Bonchev–Trinajstić information content (AvgIpc) is 3.41. The topological polar surface area (TPSA) is 51.1 Å². The zero-order chi connectivity index (χ0) is 25.8. The second kappa shape index (κ2) is 8.67. The Hall–Kier alpha value is -5.23. The summed E-state index contributed by atoms with van der Waals surface area (Å²) in [5.74, 6) is 2.70. The third kappa shape index (κ3) is 3.53. The van der Waals surface area contributed by atoms with Crippen molar-refractivity contribution in [2.75, 3.05) is 4.81 Å². The quantitative estimate of drug-likeness (QED) is 0.251. The molecular formula is C33H21BN4O. The molecule has 2 aliphatic rings. The van der Waals surface area contributed by atoms with E-state index >= 15 is 0 Å². The molecule has 6 heteroatoms. The van der Waals surface area contributed by atoms with Crippen molar-refractivity contribution in [3.05, 3.63) is 127 Å². The first-order chi connectivity index (χ1) is 19.3. The molecule has 39 heavy (non-hydrogen) atoms. The van der Waals surface area contributed by atoms with E-state index in [1.807, 2.05) is 60.7 Å². The molecule has 0 atom stereocenters. The van der Waals surface area contributed by atoms with Crippen LogP contribution in [-0.2, 0) is 0 Å². The van der Waals surface area contributed by atoms with E-state index in [2.05, 4.69) is 71.5 Å². The predicted molar refractivity (Wildman–Crippen MR) is 156 cm³/mol. The van der Waals surface area contributed by atoms with Gasteiger partial charge in [-0.25, -0.2) is 15.0 Å². The summed E-state index contributed by atoms with van der Waals surface area (Å²) in [5, 5.41) is 0. The Morgan fingerprint density at radius 2 is 1.05 bits per heavy atom. The number of anilines is 2. The van der Waals surface area contributed by atoms with Crippen molar-refractivity contribution >= 4 is 23.9 Å². The van der Waals surface area contributed by atoms with Crippen LogP contribution in [0.15, 0.2) is 127 Å². The van der Waals surface area contributed by atoms with Gasteiger partial charge in [0, 0.05) is 27.9 Å². The Labute approximate surface area is 226 Å². The average molecular weight is 500 g/mol. The Morgan fingerprint density at radius 1 is 0.487 bits per heavy atom. The molecule has 0 amide bonds. The fourth-order valence-corrected chi connectivity index (χ4v) is 5.51. The van der Waals surface area contributed by atoms with Crippen LogP contribution in [0.25, 0.3) is 45.3 Å². The van der Waals surface area contributed by atoms with E-state index in [9.17, 15) is 0 Å². The zero-order valence-corrected chi connectivity index (χ0v) is 20.9. The van der Waals surface area contributed by atoms with Crippen LogP contribution in [0, 0.1) is 0 Å². The fourth-order valence-electron chi connectivity index (χ4n) is 5.51. The number of aromatic nitrogens is 3. The van der Waals surface area contributed by atoms with Gasteiger partial charge in [0.05, 0.1) is 5.69 Å². The SMILES string of the molecule is c1ccc(-c2nc(-c3ccccc3)nc(-c3ccc4c(c3)OB3c5ccccc5-c5ccccc5N34)n2)cc1. The molecule has 0 radical (unpaired) electrons. The van der Waals surface area contributed by atoms with Crippen LogP contribution in [-0.4, -0.2) is 22.0 Å². The van der Waals surface area contributed by atoms with Crippen molar-refractivity contribution in [3.63, 3.8) is 0 Å². The highest BCUT2D eigenvalue weighted by molar-refractivity contribution is 6.77. The summed E-state index contributed by atoms with van der Waals surface area (Å²) in [7, 11) is -0.223. The van der Waals surface area contributed by atoms with Crippen molar-refractivity contribution in [2.45, 2.75) is 0 Å². The first kappa shape index (κ1) is 21.8. The van der Waals surface area contributed by atoms with Gasteiger partial charge in [-0.15, -0.1) is 0 Å². The Morgan fingerprint density at radius 3 is 1.74 bits per heavy atom. The third-order valence-electron chi connectivity index (χ3n) is 7.33. The maximum Gasteiger partial charge on any atom is 0.524 e. The molecule has 0 saturated heterocycles. The van der Waals surface area contributed by atoms with E-state index in [1.165, 1.54) is 11.1 Å². The molecular weight excluding hydrogens is 479 g/mol. The molecule has 5 aromatic carbocycles. The maximum absolute atomic E-state index is 6.64. The van der Waals surface area contributed by atoms with Crippen molar-refractivity contribution in [1.82, 2.24) is 15.0 Å². The summed E-state index contributed by atoms with van der Waals surface area (Å²) in [6.45, 7) is 0. The van der Waals surface area contributed by atoms with Crippen molar-refractivity contribution in [1.29, 1.82) is 0 Å². The number of hydrogen-bond donors (Lipinski definition) is 0. The highest BCUT2D eigenvalue weighted by Gasteiger charge is 2.44. The van der Waals surface area contributed by atoms with Gasteiger partial charge in [-0.2, -0.15) is 0 Å². The summed E-state index contributed by atoms with van der Waals surface area (Å²) >= 11 is 0. The van der Waals surface area contributed by atoms with Crippen molar-refractivity contribution < 1.29 is 4.65 Å². The van der Waals surface area contributed by atoms with Crippen LogP contribution >= 0.6 is 0 Å². The van der Waals surface area contributed by atoms with E-state index in [4.69, 9.17) is 19.6 Å². The monoisotopic (exact) mass is 500 g/mol. The van der Waals surface area contributed by atoms with Gasteiger partial charge in [0.2, 0.25) is 0 Å². The smallest absolute Gasteiger partial charge is 0.524 e. The molecule has 2 aliphatic heterocycles. The van der Waals surface area contributed by atoms with Crippen LogP contribution in [0.4, 0.5) is 11.4 Å². The van der Waals surface area contributed by atoms with Crippen LogP contribution in [0.3, 0.4) is 0 Å². The molecule has 0 saturated carbocycles. The number of nitrogens with zero attached hydrogens (tertiary/aromatic N) is 4. The van der Waals surface area contributed by atoms with E-state index in [1.54, 1.807) is 0 Å². The van der Waals surface area contributed by atoms with Gasteiger partial charge in [-0.3, -0.25) is 0 Å². The third-order valence-corrected chi connectivity index (χ3v) is 7.33. The van der Waals surface area contributed by atoms with Crippen molar-refractivity contribution in [3.8, 4) is 51.0 Å². The minimum atomic E-state index is -0.223. The Kier molecular flexibility index (Phi) is 4.85. The summed E-state index contributed by atoms with van der Waals surface area (Å²) in [4.78, 5) is 16.9. The molecule has 0 bridgehead atoms. The lowest BCUT2D eigenvalue weighted by Gasteiger charge is -2.31. The zero-order valence-electron chi connectivity index (χ0n) is 20.9. The number of benzene rings is 5. The number of para-hydroxylation sites is 1. The molecule has 0 N–H and O–H groups in total. The van der Waals surface area contributed by atoms with E-state index in [0.717, 1.165) is 39.3 Å². The second-order valence-corrected chi connectivity index (χ2v) is 9.67. The fraction of sp³-hybridized carbons (Fsp3) is 0. The molecule has 0 unspecified atom stereocenters. The molecule has 0 spiro atoms. The lowest BCUT2D eigenvalue weighted by atomic mass is 9.65. The normalized spacial score (nSPS) is 12.7. The molecule has 3 heterocycles. The van der Waals surface area contributed by atoms with Gasteiger partial charge in [0.15, 0.2) is 17.5 Å². The summed E-state index contributed by atoms with van der Waals surface area (Å²) in [6.07, 6.45) is 0. The standard InChI is InChI=1S/C33H21BN4O/c1-3-11-22(12-4-1)31-35-32(23-13-5-2-6-14-23)37-33(36-31)24-19-20-29-30(21-24)39-34-27-17-9-7-15-25(27)26-16-8-10-18-28(26)38(29)34/h1-21H. The Bertz CT molecular complexity index is 1800.